The van der Waals surface area contributed by atoms with Gasteiger partial charge in [-0.3, -0.25) is 0 Å². The van der Waals surface area contributed by atoms with Gasteiger partial charge in [0, 0.05) is 12.2 Å². The summed E-state index contributed by atoms with van der Waals surface area (Å²) in [7, 11) is 0. The number of anilines is 1. The van der Waals surface area contributed by atoms with Crippen LogP contribution in [0.2, 0.25) is 0 Å². The number of hydrogen-bond acceptors (Lipinski definition) is 3. The van der Waals surface area contributed by atoms with Crippen LogP contribution in [0.5, 0.6) is 0 Å². The van der Waals surface area contributed by atoms with Crippen molar-refractivity contribution >= 4 is 29.0 Å². The molecule has 1 fully saturated rings. The number of carboxylic acid groups (broad SMARTS) is 1. The molecule has 5 nitrogen and oxygen atoms in total. The summed E-state index contributed by atoms with van der Waals surface area (Å²) in [4.78, 5) is 13.4. The highest BCUT2D eigenvalue weighted by Gasteiger charge is 2.23. The van der Waals surface area contributed by atoms with Crippen molar-refractivity contribution in [2.75, 3.05) is 25.0 Å². The highest BCUT2D eigenvalue weighted by Crippen LogP contribution is 2.08. The number of carboxylic acids is 1. The lowest BCUT2D eigenvalue weighted by molar-refractivity contribution is -0.139. The fourth-order valence-corrected chi connectivity index (χ4v) is 2.52. The summed E-state index contributed by atoms with van der Waals surface area (Å²) in [6.07, 6.45) is 2.28. The van der Waals surface area contributed by atoms with Gasteiger partial charge in [0.15, 0.2) is 5.11 Å². The predicted octanol–water partition coefficient (Wildman–Crippen LogP) is 1.52. The quantitative estimate of drug-likeness (QED) is 0.716. The number of carbonyl (C=O) groups is 1. The fraction of sp³-hybridized carbons (Fsp3) is 0.429. The number of likely N-dealkylation sites (tertiary alicyclic amines) is 1. The Kier molecular flexibility index (Phi) is 5.31. The van der Waals surface area contributed by atoms with Gasteiger partial charge in [0.1, 0.15) is 6.04 Å². The molecule has 20 heavy (non-hydrogen) atoms. The van der Waals surface area contributed by atoms with E-state index in [0.717, 1.165) is 31.6 Å². The SMILES string of the molecule is O=C(O)C(CN1CCCC1)NC(=S)Nc1ccccc1. The van der Waals surface area contributed by atoms with Gasteiger partial charge >= 0.3 is 5.97 Å². The molecule has 0 aliphatic carbocycles. The first kappa shape index (κ1) is 14.7. The molecule has 6 heteroatoms. The van der Waals surface area contributed by atoms with Gasteiger partial charge in [-0.15, -0.1) is 0 Å². The lowest BCUT2D eigenvalue weighted by Crippen LogP contribution is -2.49. The van der Waals surface area contributed by atoms with Crippen molar-refractivity contribution in [3.8, 4) is 0 Å². The van der Waals surface area contributed by atoms with Crippen LogP contribution in [0, 0.1) is 0 Å². The highest BCUT2D eigenvalue weighted by molar-refractivity contribution is 7.80. The van der Waals surface area contributed by atoms with Gasteiger partial charge in [-0.05, 0) is 50.3 Å². The van der Waals surface area contributed by atoms with Crippen molar-refractivity contribution in [1.82, 2.24) is 10.2 Å². The molecule has 1 aromatic carbocycles. The molecule has 0 bridgehead atoms. The van der Waals surface area contributed by atoms with Crippen LogP contribution < -0.4 is 10.6 Å². The minimum absolute atomic E-state index is 0.336. The molecular weight excluding hydrogens is 274 g/mol. The molecule has 1 aromatic rings. The van der Waals surface area contributed by atoms with E-state index in [1.807, 2.05) is 30.3 Å². The molecule has 1 aliphatic heterocycles. The van der Waals surface area contributed by atoms with E-state index < -0.39 is 12.0 Å². The van der Waals surface area contributed by atoms with Gasteiger partial charge in [0.25, 0.3) is 0 Å². The van der Waals surface area contributed by atoms with Gasteiger partial charge in [0.2, 0.25) is 0 Å². The minimum Gasteiger partial charge on any atom is -0.480 e. The number of benzene rings is 1. The normalized spacial score (nSPS) is 16.6. The Labute approximate surface area is 124 Å². The molecule has 0 aromatic heterocycles. The third kappa shape index (κ3) is 4.47. The van der Waals surface area contributed by atoms with E-state index in [-0.39, 0.29) is 0 Å². The van der Waals surface area contributed by atoms with Gasteiger partial charge in [-0.1, -0.05) is 18.2 Å². The number of hydrogen-bond donors (Lipinski definition) is 3. The first-order valence-corrected chi connectivity index (χ1v) is 7.14. The first-order valence-electron chi connectivity index (χ1n) is 6.73. The zero-order chi connectivity index (χ0) is 14.4. The molecule has 2 rings (SSSR count). The molecule has 1 atom stereocenters. The van der Waals surface area contributed by atoms with Crippen molar-refractivity contribution < 1.29 is 9.90 Å². The summed E-state index contributed by atoms with van der Waals surface area (Å²) in [5.74, 6) is -0.880. The Morgan fingerprint density at radius 1 is 1.30 bits per heavy atom. The van der Waals surface area contributed by atoms with E-state index in [0.29, 0.717) is 11.7 Å². The van der Waals surface area contributed by atoms with Crippen LogP contribution in [-0.2, 0) is 4.79 Å². The van der Waals surface area contributed by atoms with Crippen molar-refractivity contribution in [3.63, 3.8) is 0 Å². The number of para-hydroxylation sites is 1. The molecule has 0 saturated carbocycles. The second kappa shape index (κ2) is 7.21. The fourth-order valence-electron chi connectivity index (χ4n) is 2.26. The lowest BCUT2D eigenvalue weighted by atomic mass is 10.3. The number of aliphatic carboxylic acids is 1. The molecule has 108 valence electrons. The van der Waals surface area contributed by atoms with Crippen LogP contribution >= 0.6 is 12.2 Å². The van der Waals surface area contributed by atoms with E-state index >= 15 is 0 Å². The zero-order valence-electron chi connectivity index (χ0n) is 11.2. The smallest absolute Gasteiger partial charge is 0.327 e. The molecule has 0 amide bonds. The predicted molar refractivity (Wildman–Crippen MR) is 82.9 cm³/mol. The molecule has 0 radical (unpaired) electrons. The first-order chi connectivity index (χ1) is 9.65. The van der Waals surface area contributed by atoms with Crippen LogP contribution in [0.4, 0.5) is 5.69 Å². The van der Waals surface area contributed by atoms with E-state index in [1.165, 1.54) is 0 Å². The summed E-state index contributed by atoms with van der Waals surface area (Å²) < 4.78 is 0. The van der Waals surface area contributed by atoms with Gasteiger partial charge in [-0.25, -0.2) is 4.79 Å². The van der Waals surface area contributed by atoms with Crippen molar-refractivity contribution in [3.05, 3.63) is 30.3 Å². The monoisotopic (exact) mass is 293 g/mol. The van der Waals surface area contributed by atoms with E-state index in [1.54, 1.807) is 0 Å². The Morgan fingerprint density at radius 3 is 2.55 bits per heavy atom. The maximum Gasteiger partial charge on any atom is 0.327 e. The number of thiocarbonyl (C=S) groups is 1. The van der Waals surface area contributed by atoms with E-state index in [9.17, 15) is 9.90 Å². The third-order valence-electron chi connectivity index (χ3n) is 3.27. The maximum atomic E-state index is 11.3. The lowest BCUT2D eigenvalue weighted by Gasteiger charge is -2.22. The zero-order valence-corrected chi connectivity index (χ0v) is 12.0. The maximum absolute atomic E-state index is 11.3. The summed E-state index contributed by atoms with van der Waals surface area (Å²) in [6.45, 7) is 2.40. The second-order valence-corrected chi connectivity index (χ2v) is 5.27. The molecule has 1 heterocycles. The van der Waals surface area contributed by atoms with Crippen LogP contribution in [-0.4, -0.2) is 46.8 Å². The van der Waals surface area contributed by atoms with Gasteiger partial charge in [-0.2, -0.15) is 0 Å². The average molecular weight is 293 g/mol. The van der Waals surface area contributed by atoms with Crippen LogP contribution in [0.1, 0.15) is 12.8 Å². The molecule has 1 saturated heterocycles. The van der Waals surface area contributed by atoms with Gasteiger partial charge in [0.05, 0.1) is 0 Å². The van der Waals surface area contributed by atoms with E-state index in [4.69, 9.17) is 12.2 Å². The Balaban J connectivity index is 1.87. The number of nitrogens with one attached hydrogen (secondary N) is 2. The van der Waals surface area contributed by atoms with Crippen LogP contribution in [0.15, 0.2) is 30.3 Å². The minimum atomic E-state index is -0.880. The standard InChI is InChI=1S/C14H19N3O2S/c18-13(19)12(10-17-8-4-5-9-17)16-14(20)15-11-6-2-1-3-7-11/h1-3,6-7,12H,4-5,8-10H2,(H,18,19)(H2,15,16,20). The molecule has 1 aliphatic rings. The summed E-state index contributed by atoms with van der Waals surface area (Å²) in [6, 6.07) is 8.77. The summed E-state index contributed by atoms with van der Waals surface area (Å²) in [5.41, 5.74) is 0.843. The van der Waals surface area contributed by atoms with Crippen LogP contribution in [0.3, 0.4) is 0 Å². The topological polar surface area (TPSA) is 64.6 Å². The van der Waals surface area contributed by atoms with Gasteiger partial charge < -0.3 is 20.6 Å². The largest absolute Gasteiger partial charge is 0.480 e. The van der Waals surface area contributed by atoms with Crippen molar-refractivity contribution in [2.24, 2.45) is 0 Å². The van der Waals surface area contributed by atoms with Crippen LogP contribution in [0.25, 0.3) is 0 Å². The Hall–Kier alpha value is -1.66. The summed E-state index contributed by atoms with van der Waals surface area (Å²) in [5, 5.41) is 15.5. The number of rotatable bonds is 5. The molecule has 1 unspecified atom stereocenters. The van der Waals surface area contributed by atoms with Crippen molar-refractivity contribution in [2.45, 2.75) is 18.9 Å². The third-order valence-corrected chi connectivity index (χ3v) is 3.49. The van der Waals surface area contributed by atoms with Crippen molar-refractivity contribution in [1.29, 1.82) is 0 Å². The second-order valence-electron chi connectivity index (χ2n) is 4.86. The van der Waals surface area contributed by atoms with E-state index in [2.05, 4.69) is 15.5 Å². The molecular formula is C14H19N3O2S. The summed E-state index contributed by atoms with van der Waals surface area (Å²) >= 11 is 5.17. The average Bonchev–Trinajstić information content (AvgIpc) is 2.92. The molecule has 3 N–H and O–H groups in total. The Bertz CT molecular complexity index is 461. The number of nitrogens with zero attached hydrogens (tertiary/aromatic N) is 1. The highest BCUT2D eigenvalue weighted by atomic mass is 32.1. The molecule has 0 spiro atoms. The Morgan fingerprint density at radius 2 is 1.95 bits per heavy atom.